The monoisotopic (exact) mass is 270 g/mol. The Morgan fingerprint density at radius 3 is 2.57 bits per heavy atom. The van der Waals surface area contributed by atoms with Crippen LogP contribution < -0.4 is 0 Å². The molecule has 0 saturated carbocycles. The maximum atomic E-state index is 3.80. The Kier molecular flexibility index (Phi) is 6.20. The van der Waals surface area contributed by atoms with Crippen molar-refractivity contribution < 1.29 is 0 Å². The highest BCUT2D eigenvalue weighted by Crippen LogP contribution is 2.22. The third-order valence-corrected chi connectivity index (χ3v) is 6.26. The smallest absolute Gasteiger partial charge is 0.0421 e. The quantitative estimate of drug-likeness (QED) is 0.419. The molecule has 0 fully saturated rings. The molecule has 0 aliphatic rings. The van der Waals surface area contributed by atoms with Crippen molar-refractivity contribution >= 4 is 25.4 Å². The molecule has 0 aromatic heterocycles. The molecule has 0 radical (unpaired) electrons. The maximum Gasteiger partial charge on any atom is 0.0421 e. The molecule has 0 N–H and O–H groups in total. The maximum absolute atomic E-state index is 3.80. The predicted molar refractivity (Wildman–Crippen MR) is 71.0 cm³/mol. The molecule has 1 unspecified atom stereocenters. The summed E-state index contributed by atoms with van der Waals surface area (Å²) in [5, 5.41) is 0. The molecule has 0 bridgehead atoms. The van der Waals surface area contributed by atoms with Gasteiger partial charge in [-0.2, -0.15) is 0 Å². The molecule has 2 heteroatoms. The highest BCUT2D eigenvalue weighted by molar-refractivity contribution is 9.09. The third-order valence-electron chi connectivity index (χ3n) is 2.47. The molecule has 0 aliphatic carbocycles. The summed E-state index contributed by atoms with van der Waals surface area (Å²) in [7, 11) is 0.0338. The molecule has 1 rings (SSSR count). The summed E-state index contributed by atoms with van der Waals surface area (Å²) in [5.41, 5.74) is 1.47. The first-order valence-electron chi connectivity index (χ1n) is 5.53. The lowest BCUT2D eigenvalue weighted by Gasteiger charge is -2.08. The Morgan fingerprint density at radius 1 is 1.21 bits per heavy atom. The number of hydrogen-bond donors (Lipinski definition) is 0. The normalized spacial score (nSPS) is 13.6. The van der Waals surface area contributed by atoms with Crippen LogP contribution in [0.2, 0.25) is 6.04 Å². The van der Waals surface area contributed by atoms with E-state index in [-0.39, 0.29) is 9.52 Å². The van der Waals surface area contributed by atoms with Gasteiger partial charge in [-0.1, -0.05) is 78.5 Å². The van der Waals surface area contributed by atoms with Crippen molar-refractivity contribution in [2.24, 2.45) is 0 Å². The van der Waals surface area contributed by atoms with Gasteiger partial charge >= 0.3 is 0 Å². The van der Waals surface area contributed by atoms with Crippen LogP contribution in [-0.2, 0) is 0 Å². The van der Waals surface area contributed by atoms with E-state index in [0.717, 1.165) is 0 Å². The van der Waals surface area contributed by atoms with E-state index in [9.17, 15) is 0 Å². The minimum atomic E-state index is 0.0338. The topological polar surface area (TPSA) is 0 Å². The molecular weight excluding hydrogens is 252 g/mol. The van der Waals surface area contributed by atoms with Gasteiger partial charge in [-0.3, -0.25) is 0 Å². The lowest BCUT2D eigenvalue weighted by Crippen LogP contribution is -2.00. The second-order valence-electron chi connectivity index (χ2n) is 3.73. The van der Waals surface area contributed by atoms with E-state index in [1.807, 2.05) is 0 Å². The molecule has 0 amide bonds. The summed E-state index contributed by atoms with van der Waals surface area (Å²) in [6, 6.07) is 12.3. The number of rotatable bonds is 6. The second kappa shape index (κ2) is 7.24. The average Bonchev–Trinajstić information content (AvgIpc) is 2.25. The van der Waals surface area contributed by atoms with Gasteiger partial charge in [0, 0.05) is 14.0 Å². The molecule has 14 heavy (non-hydrogen) atoms. The molecular formula is C12H19BrSi. The fourth-order valence-electron chi connectivity index (χ4n) is 1.58. The van der Waals surface area contributed by atoms with Crippen molar-refractivity contribution in [3.63, 3.8) is 0 Å². The molecule has 1 atom stereocenters. The zero-order valence-electron chi connectivity index (χ0n) is 8.88. The van der Waals surface area contributed by atoms with Crippen LogP contribution in [0.3, 0.4) is 0 Å². The van der Waals surface area contributed by atoms with Gasteiger partial charge in [-0.05, 0) is 5.56 Å². The van der Waals surface area contributed by atoms with Crippen LogP contribution in [0, 0.1) is 0 Å². The van der Waals surface area contributed by atoms with Gasteiger partial charge in [0.2, 0.25) is 0 Å². The van der Waals surface area contributed by atoms with E-state index >= 15 is 0 Å². The SMILES string of the molecule is CCCCC[SiH2]C(Br)c1ccccc1. The van der Waals surface area contributed by atoms with Gasteiger partial charge in [0.15, 0.2) is 0 Å². The van der Waals surface area contributed by atoms with Crippen molar-refractivity contribution in [3.05, 3.63) is 35.9 Å². The highest BCUT2D eigenvalue weighted by atomic mass is 79.9. The third kappa shape index (κ3) is 4.42. The number of halogens is 1. The highest BCUT2D eigenvalue weighted by Gasteiger charge is 2.05. The Morgan fingerprint density at radius 2 is 1.93 bits per heavy atom. The first-order chi connectivity index (χ1) is 6.84. The number of unbranched alkanes of at least 4 members (excludes halogenated alkanes) is 2. The van der Waals surface area contributed by atoms with Gasteiger partial charge < -0.3 is 0 Å². The predicted octanol–water partition coefficient (Wildman–Crippen LogP) is 3.86. The number of benzene rings is 1. The summed E-state index contributed by atoms with van der Waals surface area (Å²) in [6.45, 7) is 2.27. The lowest BCUT2D eigenvalue weighted by atomic mass is 10.2. The summed E-state index contributed by atoms with van der Waals surface area (Å²) < 4.78 is 0.681. The lowest BCUT2D eigenvalue weighted by molar-refractivity contribution is 0.767. The molecule has 78 valence electrons. The summed E-state index contributed by atoms with van der Waals surface area (Å²) >= 11 is 3.80. The van der Waals surface area contributed by atoms with Crippen LogP contribution in [0.15, 0.2) is 30.3 Å². The fraction of sp³-hybridized carbons (Fsp3) is 0.500. The van der Waals surface area contributed by atoms with Crippen molar-refractivity contribution in [2.45, 2.75) is 36.7 Å². The van der Waals surface area contributed by atoms with Gasteiger partial charge in [0.05, 0.1) is 0 Å². The van der Waals surface area contributed by atoms with Crippen molar-refractivity contribution in [3.8, 4) is 0 Å². The average molecular weight is 271 g/mol. The van der Waals surface area contributed by atoms with Gasteiger partial charge in [0.1, 0.15) is 0 Å². The molecule has 0 aliphatic heterocycles. The van der Waals surface area contributed by atoms with E-state index < -0.39 is 0 Å². The molecule has 0 nitrogen and oxygen atoms in total. The summed E-state index contributed by atoms with van der Waals surface area (Å²) in [4.78, 5) is 0. The zero-order valence-corrected chi connectivity index (χ0v) is 11.9. The van der Waals surface area contributed by atoms with Gasteiger partial charge in [-0.15, -0.1) is 0 Å². The van der Waals surface area contributed by atoms with Crippen molar-refractivity contribution in [1.29, 1.82) is 0 Å². The van der Waals surface area contributed by atoms with Gasteiger partial charge in [-0.25, -0.2) is 0 Å². The zero-order chi connectivity index (χ0) is 10.2. The van der Waals surface area contributed by atoms with Crippen LogP contribution in [-0.4, -0.2) is 9.52 Å². The van der Waals surface area contributed by atoms with Crippen LogP contribution in [0.5, 0.6) is 0 Å². The van der Waals surface area contributed by atoms with Crippen LogP contribution >= 0.6 is 15.9 Å². The Labute approximate surface area is 98.1 Å². The molecule has 0 saturated heterocycles. The Hall–Kier alpha value is -0.0831. The fourth-order valence-corrected chi connectivity index (χ4v) is 4.46. The Bertz CT molecular complexity index is 235. The van der Waals surface area contributed by atoms with E-state index in [1.165, 1.54) is 30.9 Å². The van der Waals surface area contributed by atoms with E-state index in [0.29, 0.717) is 4.45 Å². The molecule has 0 spiro atoms. The Balaban J connectivity index is 2.25. The largest absolute Gasteiger partial charge is 0.0882 e. The number of hydrogen-bond acceptors (Lipinski definition) is 0. The molecule has 1 aromatic carbocycles. The molecule has 1 aromatic rings. The van der Waals surface area contributed by atoms with Gasteiger partial charge in [0.25, 0.3) is 0 Å². The molecule has 0 heterocycles. The number of alkyl halides is 1. The minimum absolute atomic E-state index is 0.0338. The van der Waals surface area contributed by atoms with E-state index in [1.54, 1.807) is 0 Å². The van der Waals surface area contributed by atoms with Crippen LogP contribution in [0.4, 0.5) is 0 Å². The van der Waals surface area contributed by atoms with E-state index in [2.05, 4.69) is 53.2 Å². The standard InChI is InChI=1S/C12H19BrSi/c1-2-3-7-10-14-12(13)11-8-5-4-6-9-11/h4-6,8-9,12H,2-3,7,10,14H2,1H3. The van der Waals surface area contributed by atoms with E-state index in [4.69, 9.17) is 0 Å². The van der Waals surface area contributed by atoms with Crippen LogP contribution in [0.1, 0.15) is 36.2 Å². The van der Waals surface area contributed by atoms with Crippen LogP contribution in [0.25, 0.3) is 0 Å². The first-order valence-corrected chi connectivity index (χ1v) is 8.27. The second-order valence-corrected chi connectivity index (χ2v) is 8.13. The van der Waals surface area contributed by atoms with Crippen molar-refractivity contribution in [2.75, 3.05) is 0 Å². The summed E-state index contributed by atoms with van der Waals surface area (Å²) in [6.07, 6.45) is 4.17. The van der Waals surface area contributed by atoms with Crippen molar-refractivity contribution in [1.82, 2.24) is 0 Å². The minimum Gasteiger partial charge on any atom is -0.0882 e. The first kappa shape index (κ1) is 12.0. The summed E-state index contributed by atoms with van der Waals surface area (Å²) in [5.74, 6) is 0.